The molecule has 2 heterocycles. The second-order valence-corrected chi connectivity index (χ2v) is 8.31. The summed E-state index contributed by atoms with van der Waals surface area (Å²) in [6, 6.07) is 12.1. The van der Waals surface area contributed by atoms with E-state index in [1.165, 1.54) is 11.1 Å². The molecule has 2 aliphatic rings. The maximum Gasteiger partial charge on any atom is 0.184 e. The van der Waals surface area contributed by atoms with Crippen molar-refractivity contribution in [3.05, 3.63) is 69.8 Å². The van der Waals surface area contributed by atoms with Crippen molar-refractivity contribution < 1.29 is 29.2 Å². The Labute approximate surface area is 177 Å². The molecule has 2 fully saturated rings. The molecule has 2 aliphatic heterocycles. The lowest BCUT2D eigenvalue weighted by atomic mass is 9.98. The molecule has 6 atom stereocenters. The summed E-state index contributed by atoms with van der Waals surface area (Å²) in [7, 11) is 0. The van der Waals surface area contributed by atoms with E-state index < -0.39 is 43.6 Å². The average molecular weight is 414 g/mol. The van der Waals surface area contributed by atoms with Gasteiger partial charge < -0.3 is 29.2 Å². The van der Waals surface area contributed by atoms with Crippen molar-refractivity contribution in [1.29, 1.82) is 0 Å². The predicted molar refractivity (Wildman–Crippen MR) is 111 cm³/mol. The van der Waals surface area contributed by atoms with Gasteiger partial charge in [-0.3, -0.25) is 0 Å². The summed E-state index contributed by atoms with van der Waals surface area (Å²) in [5.74, 6) is 0. The molecule has 2 saturated heterocycles. The quantitative estimate of drug-likeness (QED) is 0.800. The molecule has 0 saturated carbocycles. The molecule has 0 aromatic heterocycles. The molecule has 162 valence electrons. The summed E-state index contributed by atoms with van der Waals surface area (Å²) in [5, 5.41) is 20.1. The van der Waals surface area contributed by atoms with E-state index in [4.69, 9.17) is 18.9 Å². The van der Waals surface area contributed by atoms with Crippen molar-refractivity contribution in [2.24, 2.45) is 0 Å². The lowest BCUT2D eigenvalue weighted by Crippen LogP contribution is -2.58. The van der Waals surface area contributed by atoms with E-state index in [1.54, 1.807) is 0 Å². The van der Waals surface area contributed by atoms with Crippen molar-refractivity contribution in [3.63, 3.8) is 0 Å². The Balaban J connectivity index is 1.57. The summed E-state index contributed by atoms with van der Waals surface area (Å²) in [4.78, 5) is 0. The molecular weight excluding hydrogens is 384 g/mol. The molecule has 6 heteroatoms. The van der Waals surface area contributed by atoms with Crippen molar-refractivity contribution >= 4 is 0 Å². The highest BCUT2D eigenvalue weighted by molar-refractivity contribution is 5.32. The first-order valence-corrected chi connectivity index (χ1v) is 10.4. The fourth-order valence-corrected chi connectivity index (χ4v) is 3.93. The van der Waals surface area contributed by atoms with Gasteiger partial charge in [-0.05, 0) is 49.9 Å². The number of aryl methyl sites for hydroxylation is 4. The van der Waals surface area contributed by atoms with Gasteiger partial charge >= 0.3 is 0 Å². The Morgan fingerprint density at radius 3 is 2.00 bits per heavy atom. The summed E-state index contributed by atoms with van der Waals surface area (Å²) >= 11 is 0. The Morgan fingerprint density at radius 2 is 1.43 bits per heavy atom. The molecule has 2 aromatic carbocycles. The minimum absolute atomic E-state index is 0.307. The van der Waals surface area contributed by atoms with Crippen molar-refractivity contribution in [2.75, 3.05) is 13.2 Å². The van der Waals surface area contributed by atoms with Crippen LogP contribution in [0.4, 0.5) is 0 Å². The van der Waals surface area contributed by atoms with Crippen LogP contribution in [0.1, 0.15) is 46.0 Å². The third kappa shape index (κ3) is 4.17. The highest BCUT2D eigenvalue weighted by atomic mass is 16.8. The van der Waals surface area contributed by atoms with Crippen LogP contribution in [0.5, 0.6) is 0 Å². The highest BCUT2D eigenvalue weighted by Crippen LogP contribution is 2.39. The van der Waals surface area contributed by atoms with E-state index in [0.717, 1.165) is 22.3 Å². The molecule has 30 heavy (non-hydrogen) atoms. The molecule has 0 spiro atoms. The second-order valence-electron chi connectivity index (χ2n) is 8.31. The van der Waals surface area contributed by atoms with Crippen molar-refractivity contribution in [3.8, 4) is 0 Å². The minimum atomic E-state index is -1.09. The summed E-state index contributed by atoms with van der Waals surface area (Å²) in [6.45, 7) is 8.07. The van der Waals surface area contributed by atoms with Gasteiger partial charge in [-0.15, -0.1) is 0 Å². The predicted octanol–water partition coefficient (Wildman–Crippen LogP) is 3.17. The zero-order valence-electron chi connectivity index (χ0n) is 17.9. The third-order valence-corrected chi connectivity index (χ3v) is 6.13. The molecule has 2 N–H and O–H groups in total. The van der Waals surface area contributed by atoms with Gasteiger partial charge in [0.2, 0.25) is 0 Å². The molecule has 6 unspecified atom stereocenters. The monoisotopic (exact) mass is 414 g/mol. The highest BCUT2D eigenvalue weighted by Gasteiger charge is 2.48. The summed E-state index contributed by atoms with van der Waals surface area (Å²) < 4.78 is 24.4. The van der Waals surface area contributed by atoms with E-state index >= 15 is 0 Å². The first-order chi connectivity index (χ1) is 14.4. The van der Waals surface area contributed by atoms with E-state index in [1.807, 2.05) is 57.2 Å². The van der Waals surface area contributed by atoms with Crippen molar-refractivity contribution in [2.45, 2.75) is 64.7 Å². The molecular formula is C24H30O6. The largest absolute Gasteiger partial charge is 0.394 e. The van der Waals surface area contributed by atoms with Crippen LogP contribution in [-0.2, 0) is 18.9 Å². The van der Waals surface area contributed by atoms with Crippen LogP contribution in [-0.4, -0.2) is 47.8 Å². The fourth-order valence-electron chi connectivity index (χ4n) is 3.93. The Hall–Kier alpha value is -1.80. The number of benzene rings is 2. The van der Waals surface area contributed by atoms with Gasteiger partial charge in [0.05, 0.1) is 13.2 Å². The minimum Gasteiger partial charge on any atom is -0.394 e. The standard InChI is InChI=1S/C24H30O6/c1-13-5-7-17(9-15(13)3)23-27-12-20-22(30-23)21(19(26)11-25)29-24(28-20)18-8-6-14(2)16(4)10-18/h5-10,19-26H,11-12H2,1-4H3. The number of rotatable bonds is 4. The van der Waals surface area contributed by atoms with E-state index in [2.05, 4.69) is 6.92 Å². The third-order valence-electron chi connectivity index (χ3n) is 6.13. The summed E-state index contributed by atoms with van der Waals surface area (Å²) in [6.07, 6.45) is -4.05. The van der Waals surface area contributed by atoms with E-state index in [0.29, 0.717) is 6.61 Å². The van der Waals surface area contributed by atoms with Crippen LogP contribution in [0.3, 0.4) is 0 Å². The topological polar surface area (TPSA) is 77.4 Å². The lowest BCUT2D eigenvalue weighted by Gasteiger charge is -2.47. The smallest absolute Gasteiger partial charge is 0.184 e. The zero-order chi connectivity index (χ0) is 21.4. The number of hydrogen-bond acceptors (Lipinski definition) is 6. The van der Waals surface area contributed by atoms with Gasteiger partial charge in [0.25, 0.3) is 0 Å². The fraction of sp³-hybridized carbons (Fsp3) is 0.500. The zero-order valence-corrected chi connectivity index (χ0v) is 17.9. The lowest BCUT2D eigenvalue weighted by molar-refractivity contribution is -0.373. The van der Waals surface area contributed by atoms with Gasteiger partial charge in [-0.2, -0.15) is 0 Å². The Bertz CT molecular complexity index is 895. The molecule has 0 aliphatic carbocycles. The summed E-state index contributed by atoms with van der Waals surface area (Å²) in [5.41, 5.74) is 6.43. The van der Waals surface area contributed by atoms with Gasteiger partial charge in [-0.1, -0.05) is 36.4 Å². The SMILES string of the molecule is Cc1ccc(C2OC3COC(c4ccc(C)c(C)c4)OC3C(C(O)CO)O2)cc1C. The first kappa shape index (κ1) is 21.4. The van der Waals surface area contributed by atoms with Crippen molar-refractivity contribution in [1.82, 2.24) is 0 Å². The maximum atomic E-state index is 10.5. The van der Waals surface area contributed by atoms with Gasteiger partial charge in [0.1, 0.15) is 24.4 Å². The number of ether oxygens (including phenoxy) is 4. The van der Waals surface area contributed by atoms with Crippen LogP contribution in [0.25, 0.3) is 0 Å². The molecule has 6 nitrogen and oxygen atoms in total. The normalized spacial score (nSPS) is 30.0. The molecule has 4 rings (SSSR count). The molecule has 2 aromatic rings. The number of aliphatic hydroxyl groups excluding tert-OH is 2. The number of hydrogen-bond donors (Lipinski definition) is 2. The Kier molecular flexibility index (Phi) is 6.25. The maximum absolute atomic E-state index is 10.5. The number of fused-ring (bicyclic) bond motifs is 1. The van der Waals surface area contributed by atoms with Crippen LogP contribution < -0.4 is 0 Å². The second kappa shape index (κ2) is 8.75. The average Bonchev–Trinajstić information content (AvgIpc) is 2.75. The van der Waals surface area contributed by atoms with Crippen LogP contribution in [0.15, 0.2) is 36.4 Å². The molecule has 0 radical (unpaired) electrons. The van der Waals surface area contributed by atoms with E-state index in [9.17, 15) is 10.2 Å². The van der Waals surface area contributed by atoms with Crippen LogP contribution in [0, 0.1) is 27.7 Å². The first-order valence-electron chi connectivity index (χ1n) is 10.4. The van der Waals surface area contributed by atoms with Gasteiger partial charge in [0, 0.05) is 11.1 Å². The molecule has 0 bridgehead atoms. The van der Waals surface area contributed by atoms with Crippen LogP contribution >= 0.6 is 0 Å². The van der Waals surface area contributed by atoms with Crippen LogP contribution in [0.2, 0.25) is 0 Å². The van der Waals surface area contributed by atoms with Gasteiger partial charge in [0.15, 0.2) is 12.6 Å². The molecule has 0 amide bonds. The number of aliphatic hydroxyl groups is 2. The van der Waals surface area contributed by atoms with Gasteiger partial charge in [-0.25, -0.2) is 0 Å². The Morgan fingerprint density at radius 1 is 0.833 bits per heavy atom. The van der Waals surface area contributed by atoms with E-state index in [-0.39, 0.29) is 0 Å².